The summed E-state index contributed by atoms with van der Waals surface area (Å²) in [5.74, 6) is 6.74. The number of rotatable bonds is 5. The summed E-state index contributed by atoms with van der Waals surface area (Å²) in [4.78, 5) is 10.8. The number of hydrazine groups is 1. The zero-order valence-electron chi connectivity index (χ0n) is 10.5. The van der Waals surface area contributed by atoms with Crippen molar-refractivity contribution in [3.8, 4) is 0 Å². The summed E-state index contributed by atoms with van der Waals surface area (Å²) in [6.07, 6.45) is 1.09. The molecule has 5 heteroatoms. The highest BCUT2D eigenvalue weighted by atomic mass is 15.3. The zero-order valence-corrected chi connectivity index (χ0v) is 10.5. The maximum atomic E-state index is 5.34. The van der Waals surface area contributed by atoms with E-state index in [0.29, 0.717) is 12.0 Å². The zero-order chi connectivity index (χ0) is 12.1. The highest BCUT2D eigenvalue weighted by molar-refractivity contribution is 5.45. The molecule has 1 unspecified atom stereocenters. The van der Waals surface area contributed by atoms with Crippen LogP contribution in [0.1, 0.15) is 32.9 Å². The first-order valence-electron chi connectivity index (χ1n) is 5.71. The second-order valence-electron chi connectivity index (χ2n) is 3.88. The summed E-state index contributed by atoms with van der Waals surface area (Å²) in [6.45, 7) is 9.35. The van der Waals surface area contributed by atoms with E-state index in [0.717, 1.165) is 24.5 Å². The third-order valence-corrected chi connectivity index (χ3v) is 2.73. The number of anilines is 2. The molecule has 16 heavy (non-hydrogen) atoms. The SMILES string of the molecule is CCC(C)N(CC)c1cc(C)nc(NN)n1. The van der Waals surface area contributed by atoms with E-state index in [-0.39, 0.29) is 0 Å². The van der Waals surface area contributed by atoms with Crippen LogP contribution in [-0.2, 0) is 0 Å². The Morgan fingerprint density at radius 2 is 2.12 bits per heavy atom. The van der Waals surface area contributed by atoms with Crippen molar-refractivity contribution in [3.05, 3.63) is 11.8 Å². The Labute approximate surface area is 97.0 Å². The van der Waals surface area contributed by atoms with E-state index >= 15 is 0 Å². The van der Waals surface area contributed by atoms with Crippen LogP contribution in [0.5, 0.6) is 0 Å². The fourth-order valence-corrected chi connectivity index (χ4v) is 1.68. The second kappa shape index (κ2) is 5.65. The van der Waals surface area contributed by atoms with Gasteiger partial charge in [0.05, 0.1) is 0 Å². The van der Waals surface area contributed by atoms with Crippen molar-refractivity contribution in [1.82, 2.24) is 9.97 Å². The Bertz CT molecular complexity index is 339. The molecule has 1 aromatic rings. The molecule has 1 rings (SSSR count). The van der Waals surface area contributed by atoms with Gasteiger partial charge < -0.3 is 4.90 Å². The normalized spacial score (nSPS) is 12.3. The van der Waals surface area contributed by atoms with Gasteiger partial charge >= 0.3 is 0 Å². The predicted octanol–water partition coefficient (Wildman–Crippen LogP) is 1.70. The average molecular weight is 223 g/mol. The van der Waals surface area contributed by atoms with Crippen molar-refractivity contribution in [2.24, 2.45) is 5.84 Å². The van der Waals surface area contributed by atoms with Gasteiger partial charge in [-0.25, -0.2) is 10.8 Å². The van der Waals surface area contributed by atoms with Crippen LogP contribution >= 0.6 is 0 Å². The monoisotopic (exact) mass is 223 g/mol. The lowest BCUT2D eigenvalue weighted by Crippen LogP contribution is -2.33. The van der Waals surface area contributed by atoms with Crippen molar-refractivity contribution in [2.75, 3.05) is 16.9 Å². The van der Waals surface area contributed by atoms with Gasteiger partial charge in [0.2, 0.25) is 5.95 Å². The molecular weight excluding hydrogens is 202 g/mol. The maximum Gasteiger partial charge on any atom is 0.239 e. The lowest BCUT2D eigenvalue weighted by molar-refractivity contribution is 0.622. The average Bonchev–Trinajstić information content (AvgIpc) is 2.29. The minimum absolute atomic E-state index is 0.463. The van der Waals surface area contributed by atoms with Gasteiger partial charge in [0.1, 0.15) is 5.82 Å². The summed E-state index contributed by atoms with van der Waals surface area (Å²) < 4.78 is 0. The molecule has 1 atom stereocenters. The molecule has 0 spiro atoms. The molecule has 0 saturated heterocycles. The van der Waals surface area contributed by atoms with Crippen LogP contribution in [0.4, 0.5) is 11.8 Å². The molecule has 0 saturated carbocycles. The van der Waals surface area contributed by atoms with Gasteiger partial charge in [-0.3, -0.25) is 5.43 Å². The van der Waals surface area contributed by atoms with Crippen molar-refractivity contribution in [2.45, 2.75) is 40.2 Å². The Kier molecular flexibility index (Phi) is 4.49. The first kappa shape index (κ1) is 12.7. The van der Waals surface area contributed by atoms with E-state index in [1.165, 1.54) is 0 Å². The van der Waals surface area contributed by atoms with E-state index < -0.39 is 0 Å². The lowest BCUT2D eigenvalue weighted by Gasteiger charge is -2.28. The number of nitrogens with two attached hydrogens (primary N) is 1. The molecule has 0 bridgehead atoms. The molecular formula is C11H21N5. The van der Waals surface area contributed by atoms with Gasteiger partial charge in [-0.1, -0.05) is 6.92 Å². The number of aromatic nitrogens is 2. The molecule has 0 aliphatic rings. The van der Waals surface area contributed by atoms with Gasteiger partial charge in [0.25, 0.3) is 0 Å². The standard InChI is InChI=1S/C11H21N5/c1-5-9(4)16(6-2)10-7-8(3)13-11(14-10)15-12/h7,9H,5-6,12H2,1-4H3,(H,13,14,15). The summed E-state index contributed by atoms with van der Waals surface area (Å²) >= 11 is 0. The quantitative estimate of drug-likeness (QED) is 0.587. The number of nitrogen functional groups attached to an aromatic ring is 1. The van der Waals surface area contributed by atoms with Gasteiger partial charge in [0.15, 0.2) is 0 Å². The van der Waals surface area contributed by atoms with Crippen LogP contribution in [0.25, 0.3) is 0 Å². The Morgan fingerprint density at radius 1 is 1.44 bits per heavy atom. The molecule has 0 aliphatic heterocycles. The van der Waals surface area contributed by atoms with E-state index in [9.17, 15) is 0 Å². The number of aryl methyl sites for hydroxylation is 1. The minimum atomic E-state index is 0.463. The van der Waals surface area contributed by atoms with Crippen molar-refractivity contribution in [3.63, 3.8) is 0 Å². The molecule has 0 radical (unpaired) electrons. The second-order valence-corrected chi connectivity index (χ2v) is 3.88. The molecule has 0 aromatic carbocycles. The fraction of sp³-hybridized carbons (Fsp3) is 0.636. The van der Waals surface area contributed by atoms with Crippen LogP contribution in [0.15, 0.2) is 6.07 Å². The van der Waals surface area contributed by atoms with E-state index in [4.69, 9.17) is 5.84 Å². The third-order valence-electron chi connectivity index (χ3n) is 2.73. The van der Waals surface area contributed by atoms with E-state index in [1.54, 1.807) is 0 Å². The summed E-state index contributed by atoms with van der Waals surface area (Å²) in [7, 11) is 0. The van der Waals surface area contributed by atoms with Crippen LogP contribution in [0.2, 0.25) is 0 Å². The van der Waals surface area contributed by atoms with Crippen molar-refractivity contribution < 1.29 is 0 Å². The molecule has 0 aliphatic carbocycles. The minimum Gasteiger partial charge on any atom is -0.354 e. The fourth-order valence-electron chi connectivity index (χ4n) is 1.68. The lowest BCUT2D eigenvalue weighted by atomic mass is 10.2. The number of hydrogen-bond donors (Lipinski definition) is 2. The van der Waals surface area contributed by atoms with Gasteiger partial charge in [-0.15, -0.1) is 0 Å². The van der Waals surface area contributed by atoms with Gasteiger partial charge in [-0.05, 0) is 27.2 Å². The van der Waals surface area contributed by atoms with Crippen LogP contribution in [0, 0.1) is 6.92 Å². The highest BCUT2D eigenvalue weighted by Crippen LogP contribution is 2.18. The molecule has 1 heterocycles. The third kappa shape index (κ3) is 2.82. The summed E-state index contributed by atoms with van der Waals surface area (Å²) in [5, 5.41) is 0. The molecule has 0 amide bonds. The van der Waals surface area contributed by atoms with E-state index in [2.05, 4.69) is 41.1 Å². The Hall–Kier alpha value is -1.36. The van der Waals surface area contributed by atoms with Crippen LogP contribution in [0.3, 0.4) is 0 Å². The Morgan fingerprint density at radius 3 is 2.62 bits per heavy atom. The van der Waals surface area contributed by atoms with Crippen molar-refractivity contribution in [1.29, 1.82) is 0 Å². The maximum absolute atomic E-state index is 5.34. The van der Waals surface area contributed by atoms with E-state index in [1.807, 2.05) is 13.0 Å². The molecule has 1 aromatic heterocycles. The number of hydrogen-bond acceptors (Lipinski definition) is 5. The van der Waals surface area contributed by atoms with Gasteiger partial charge in [0, 0.05) is 24.3 Å². The smallest absolute Gasteiger partial charge is 0.239 e. The number of nitrogens with zero attached hydrogens (tertiary/aromatic N) is 3. The van der Waals surface area contributed by atoms with Crippen molar-refractivity contribution >= 4 is 11.8 Å². The first-order valence-corrected chi connectivity index (χ1v) is 5.71. The molecule has 5 nitrogen and oxygen atoms in total. The van der Waals surface area contributed by atoms with Crippen LogP contribution < -0.4 is 16.2 Å². The summed E-state index contributed by atoms with van der Waals surface area (Å²) in [6, 6.07) is 2.45. The van der Waals surface area contributed by atoms with Crippen LogP contribution in [-0.4, -0.2) is 22.6 Å². The highest BCUT2D eigenvalue weighted by Gasteiger charge is 2.13. The largest absolute Gasteiger partial charge is 0.354 e. The molecule has 90 valence electrons. The van der Waals surface area contributed by atoms with Gasteiger partial charge in [-0.2, -0.15) is 4.98 Å². The molecule has 0 fully saturated rings. The predicted molar refractivity (Wildman–Crippen MR) is 67.4 cm³/mol. The first-order chi connectivity index (χ1) is 7.62. The topological polar surface area (TPSA) is 67.1 Å². The summed E-state index contributed by atoms with van der Waals surface area (Å²) in [5.41, 5.74) is 3.41. The number of nitrogens with one attached hydrogen (secondary N) is 1. The molecule has 3 N–H and O–H groups in total. The Balaban J connectivity index is 3.04.